The summed E-state index contributed by atoms with van der Waals surface area (Å²) < 4.78 is 10.2. The number of benzene rings is 1. The first-order chi connectivity index (χ1) is 10.4. The quantitative estimate of drug-likeness (QED) is 0.393. The van der Waals surface area contributed by atoms with E-state index in [0.717, 1.165) is 0 Å². The highest BCUT2D eigenvalue weighted by Gasteiger charge is 2.13. The van der Waals surface area contributed by atoms with Gasteiger partial charge < -0.3 is 9.47 Å². The van der Waals surface area contributed by atoms with Crippen molar-refractivity contribution in [2.75, 3.05) is 0 Å². The average molecular weight is 345 g/mol. The van der Waals surface area contributed by atoms with Crippen molar-refractivity contribution >= 4 is 35.1 Å². The molecule has 0 saturated carbocycles. The van der Waals surface area contributed by atoms with E-state index in [-0.39, 0.29) is 35.7 Å². The van der Waals surface area contributed by atoms with E-state index in [9.17, 15) is 9.59 Å². The molecule has 1 atom stereocenters. The van der Waals surface area contributed by atoms with E-state index in [1.165, 1.54) is 0 Å². The van der Waals surface area contributed by atoms with Gasteiger partial charge in [-0.2, -0.15) is 0 Å². The highest BCUT2D eigenvalue weighted by Crippen LogP contribution is 2.31. The molecule has 22 heavy (non-hydrogen) atoms. The van der Waals surface area contributed by atoms with Gasteiger partial charge in [-0.05, 0) is 25.5 Å². The summed E-state index contributed by atoms with van der Waals surface area (Å²) in [6.45, 7) is 5.36. The molecule has 0 amide bonds. The van der Waals surface area contributed by atoms with Crippen LogP contribution in [0.1, 0.15) is 32.6 Å². The molecule has 0 aromatic heterocycles. The topological polar surface area (TPSA) is 52.6 Å². The van der Waals surface area contributed by atoms with Gasteiger partial charge in [0.15, 0.2) is 5.75 Å². The fourth-order valence-electron chi connectivity index (χ4n) is 1.68. The summed E-state index contributed by atoms with van der Waals surface area (Å²) in [4.78, 5) is 23.2. The van der Waals surface area contributed by atoms with Crippen molar-refractivity contribution in [2.24, 2.45) is 0 Å². The predicted octanol–water partition coefficient (Wildman–Crippen LogP) is 4.58. The Hall–Kier alpha value is -1.52. The van der Waals surface area contributed by atoms with E-state index in [4.69, 9.17) is 32.7 Å². The number of ether oxygens (including phenoxy) is 2. The molecule has 0 N–H and O–H groups in total. The molecule has 0 saturated heterocycles. The van der Waals surface area contributed by atoms with Gasteiger partial charge in [-0.15, -0.1) is 6.58 Å². The van der Waals surface area contributed by atoms with Crippen LogP contribution in [-0.4, -0.2) is 18.0 Å². The van der Waals surface area contributed by atoms with Crippen LogP contribution in [-0.2, 0) is 14.3 Å². The van der Waals surface area contributed by atoms with Crippen molar-refractivity contribution in [2.45, 2.75) is 38.7 Å². The normalized spacial score (nSPS) is 11.6. The van der Waals surface area contributed by atoms with Gasteiger partial charge >= 0.3 is 11.9 Å². The molecule has 0 spiro atoms. The summed E-state index contributed by atoms with van der Waals surface area (Å²) in [7, 11) is 0. The summed E-state index contributed by atoms with van der Waals surface area (Å²) in [6, 6.07) is 4.79. The minimum absolute atomic E-state index is 0.0911. The average Bonchev–Trinajstić information content (AvgIpc) is 2.44. The molecular weight excluding hydrogens is 327 g/mol. The standard InChI is InChI=1S/C16H18Cl2O4/c1-3-6-11(2)21-14(19)9-5-10-15(20)22-13-8-4-7-12(17)16(13)18/h3-4,7-8,11H,1,5-6,9-10H2,2H3. The Balaban J connectivity index is 2.33. The molecule has 1 rings (SSSR count). The highest BCUT2D eigenvalue weighted by molar-refractivity contribution is 6.43. The number of hydrogen-bond donors (Lipinski definition) is 0. The zero-order valence-corrected chi connectivity index (χ0v) is 13.8. The van der Waals surface area contributed by atoms with Crippen LogP contribution >= 0.6 is 23.2 Å². The van der Waals surface area contributed by atoms with Crippen LogP contribution in [0.5, 0.6) is 5.75 Å². The Bertz CT molecular complexity index is 543. The molecule has 4 nitrogen and oxygen atoms in total. The maximum absolute atomic E-state index is 11.7. The van der Waals surface area contributed by atoms with Gasteiger partial charge in [0, 0.05) is 19.3 Å². The number of halogens is 2. The van der Waals surface area contributed by atoms with Gasteiger partial charge in [0.25, 0.3) is 0 Å². The molecule has 0 bridgehead atoms. The number of rotatable bonds is 8. The second-order valence-corrected chi connectivity index (χ2v) is 5.49. The van der Waals surface area contributed by atoms with Crippen molar-refractivity contribution in [3.05, 3.63) is 40.9 Å². The number of esters is 2. The van der Waals surface area contributed by atoms with Gasteiger partial charge in [-0.3, -0.25) is 9.59 Å². The SMILES string of the molecule is C=CCC(C)OC(=O)CCCC(=O)Oc1cccc(Cl)c1Cl. The second-order valence-electron chi connectivity index (χ2n) is 4.70. The van der Waals surface area contributed by atoms with E-state index < -0.39 is 5.97 Å². The van der Waals surface area contributed by atoms with Crippen LogP contribution in [0, 0.1) is 0 Å². The van der Waals surface area contributed by atoms with Crippen molar-refractivity contribution in [1.29, 1.82) is 0 Å². The fourth-order valence-corrected chi connectivity index (χ4v) is 2.01. The Morgan fingerprint density at radius 2 is 1.95 bits per heavy atom. The molecule has 0 aliphatic heterocycles. The van der Waals surface area contributed by atoms with Crippen molar-refractivity contribution in [3.63, 3.8) is 0 Å². The van der Waals surface area contributed by atoms with Crippen LogP contribution in [0.3, 0.4) is 0 Å². The van der Waals surface area contributed by atoms with Crippen molar-refractivity contribution in [1.82, 2.24) is 0 Å². The van der Waals surface area contributed by atoms with Crippen LogP contribution in [0.4, 0.5) is 0 Å². The Morgan fingerprint density at radius 1 is 1.27 bits per heavy atom. The van der Waals surface area contributed by atoms with E-state index in [2.05, 4.69) is 6.58 Å². The summed E-state index contributed by atoms with van der Waals surface area (Å²) >= 11 is 11.7. The molecule has 0 fully saturated rings. The van der Waals surface area contributed by atoms with Crippen LogP contribution < -0.4 is 4.74 Å². The smallest absolute Gasteiger partial charge is 0.311 e. The van der Waals surface area contributed by atoms with Crippen LogP contribution in [0.25, 0.3) is 0 Å². The third-order valence-corrected chi connectivity index (χ3v) is 3.53. The fraction of sp³-hybridized carbons (Fsp3) is 0.375. The molecule has 120 valence electrons. The summed E-state index contributed by atoms with van der Waals surface area (Å²) in [5.74, 6) is -0.611. The number of hydrogen-bond acceptors (Lipinski definition) is 4. The summed E-state index contributed by atoms with van der Waals surface area (Å²) in [5, 5.41) is 0.502. The van der Waals surface area contributed by atoms with Crippen molar-refractivity contribution < 1.29 is 19.1 Å². The first kappa shape index (κ1) is 18.5. The number of carbonyl (C=O) groups is 2. The third-order valence-electron chi connectivity index (χ3n) is 2.73. The molecule has 6 heteroatoms. The second kappa shape index (κ2) is 9.49. The van der Waals surface area contributed by atoms with E-state index in [1.54, 1.807) is 31.2 Å². The zero-order valence-electron chi connectivity index (χ0n) is 12.3. The highest BCUT2D eigenvalue weighted by atomic mass is 35.5. The lowest BCUT2D eigenvalue weighted by Gasteiger charge is -2.11. The summed E-state index contributed by atoms with van der Waals surface area (Å²) in [5.41, 5.74) is 0. The van der Waals surface area contributed by atoms with E-state index in [0.29, 0.717) is 17.9 Å². The monoisotopic (exact) mass is 344 g/mol. The third kappa shape index (κ3) is 6.50. The molecular formula is C16H18Cl2O4. The van der Waals surface area contributed by atoms with Gasteiger partial charge in [0.05, 0.1) is 5.02 Å². The van der Waals surface area contributed by atoms with Gasteiger partial charge in [-0.1, -0.05) is 35.3 Å². The molecule has 0 heterocycles. The molecule has 1 unspecified atom stereocenters. The van der Waals surface area contributed by atoms with Gasteiger partial charge in [-0.25, -0.2) is 0 Å². The van der Waals surface area contributed by atoms with Crippen LogP contribution in [0.15, 0.2) is 30.9 Å². The number of carbonyl (C=O) groups excluding carboxylic acids is 2. The summed E-state index contributed by atoms with van der Waals surface area (Å²) in [6.07, 6.45) is 2.66. The van der Waals surface area contributed by atoms with Gasteiger partial charge in [0.2, 0.25) is 0 Å². The Morgan fingerprint density at radius 3 is 2.64 bits per heavy atom. The molecule has 1 aromatic carbocycles. The molecule has 0 aliphatic rings. The minimum atomic E-state index is -0.476. The van der Waals surface area contributed by atoms with Gasteiger partial charge in [0.1, 0.15) is 11.1 Å². The van der Waals surface area contributed by atoms with E-state index >= 15 is 0 Å². The first-order valence-electron chi connectivity index (χ1n) is 6.89. The maximum atomic E-state index is 11.7. The first-order valence-corrected chi connectivity index (χ1v) is 7.64. The molecule has 1 aromatic rings. The lowest BCUT2D eigenvalue weighted by atomic mass is 10.2. The van der Waals surface area contributed by atoms with E-state index in [1.807, 2.05) is 0 Å². The van der Waals surface area contributed by atoms with Crippen molar-refractivity contribution in [3.8, 4) is 5.75 Å². The lowest BCUT2D eigenvalue weighted by molar-refractivity contribution is -0.148. The lowest BCUT2D eigenvalue weighted by Crippen LogP contribution is -2.15. The maximum Gasteiger partial charge on any atom is 0.311 e. The predicted molar refractivity (Wildman–Crippen MR) is 86.3 cm³/mol. The Kier molecular flexibility index (Phi) is 7.99. The van der Waals surface area contributed by atoms with Crippen LogP contribution in [0.2, 0.25) is 10.0 Å². The largest absolute Gasteiger partial charge is 0.462 e. The molecule has 0 aliphatic carbocycles. The minimum Gasteiger partial charge on any atom is -0.462 e. The molecule has 0 radical (unpaired) electrons. The Labute approximate surface area is 140 Å². The zero-order chi connectivity index (χ0) is 16.5.